The van der Waals surface area contributed by atoms with Crippen molar-refractivity contribution in [1.82, 2.24) is 4.98 Å². The molecule has 4 nitrogen and oxygen atoms in total. The van der Waals surface area contributed by atoms with Gasteiger partial charge in [0.15, 0.2) is 0 Å². The Morgan fingerprint density at radius 3 is 2.82 bits per heavy atom. The highest BCUT2D eigenvalue weighted by Gasteiger charge is 2.17. The van der Waals surface area contributed by atoms with Crippen LogP contribution in [0, 0.1) is 12.8 Å². The van der Waals surface area contributed by atoms with Crippen molar-refractivity contribution in [2.45, 2.75) is 32.6 Å². The number of carboxylic acids is 1. The van der Waals surface area contributed by atoms with Crippen molar-refractivity contribution in [2.75, 3.05) is 6.61 Å². The molecule has 92 valence electrons. The fourth-order valence-electron chi connectivity index (χ4n) is 1.96. The van der Waals surface area contributed by atoms with Gasteiger partial charge in [-0.05, 0) is 25.3 Å². The predicted molar refractivity (Wildman–Crippen MR) is 63.4 cm³/mol. The summed E-state index contributed by atoms with van der Waals surface area (Å²) in [5, 5.41) is 8.86. The molecule has 1 N–H and O–H groups in total. The largest absolute Gasteiger partial charge is 0.478 e. The maximum absolute atomic E-state index is 10.8. The Morgan fingerprint density at radius 1 is 1.53 bits per heavy atom. The average Bonchev–Trinajstić information content (AvgIpc) is 2.21. The molecule has 0 saturated heterocycles. The first-order valence-electron chi connectivity index (χ1n) is 6.00. The normalized spacial score (nSPS) is 15.4. The second-order valence-corrected chi connectivity index (χ2v) is 4.52. The number of pyridine rings is 1. The van der Waals surface area contributed by atoms with Crippen LogP contribution < -0.4 is 4.74 Å². The third-order valence-electron chi connectivity index (χ3n) is 3.29. The third kappa shape index (κ3) is 2.96. The number of carboxylic acid groups (broad SMARTS) is 1. The number of hydrogen-bond donors (Lipinski definition) is 1. The van der Waals surface area contributed by atoms with Crippen molar-refractivity contribution in [1.29, 1.82) is 0 Å². The van der Waals surface area contributed by atoms with E-state index in [-0.39, 0.29) is 5.56 Å². The molecular formula is C13H17NO3. The summed E-state index contributed by atoms with van der Waals surface area (Å²) in [6.45, 7) is 2.35. The van der Waals surface area contributed by atoms with Crippen LogP contribution in [0.4, 0.5) is 0 Å². The summed E-state index contributed by atoms with van der Waals surface area (Å²) in [6.07, 6.45) is 5.04. The number of aryl methyl sites for hydroxylation is 1. The Kier molecular flexibility index (Phi) is 3.61. The van der Waals surface area contributed by atoms with E-state index >= 15 is 0 Å². The van der Waals surface area contributed by atoms with Crippen LogP contribution in [-0.4, -0.2) is 22.7 Å². The quantitative estimate of drug-likeness (QED) is 0.852. The Hall–Kier alpha value is -1.58. The summed E-state index contributed by atoms with van der Waals surface area (Å²) in [6, 6.07) is 3.17. The van der Waals surface area contributed by atoms with Gasteiger partial charge in [0.05, 0.1) is 17.9 Å². The molecule has 1 saturated carbocycles. The zero-order valence-electron chi connectivity index (χ0n) is 9.98. The molecule has 2 rings (SSSR count). The zero-order chi connectivity index (χ0) is 12.3. The second-order valence-electron chi connectivity index (χ2n) is 4.52. The summed E-state index contributed by atoms with van der Waals surface area (Å²) >= 11 is 0. The Bertz CT molecular complexity index is 413. The molecule has 1 aromatic heterocycles. The lowest BCUT2D eigenvalue weighted by Crippen LogP contribution is -2.15. The van der Waals surface area contributed by atoms with Crippen LogP contribution in [-0.2, 0) is 0 Å². The highest BCUT2D eigenvalue weighted by Crippen LogP contribution is 2.29. The molecule has 0 unspecified atom stereocenters. The molecule has 0 aliphatic heterocycles. The number of carbonyl (C=O) groups is 1. The van der Waals surface area contributed by atoms with Gasteiger partial charge in [0, 0.05) is 6.07 Å². The molecule has 1 fully saturated rings. The summed E-state index contributed by atoms with van der Waals surface area (Å²) in [5.74, 6) is 0.386. The van der Waals surface area contributed by atoms with Gasteiger partial charge in [-0.15, -0.1) is 0 Å². The van der Waals surface area contributed by atoms with E-state index in [1.54, 1.807) is 19.1 Å². The van der Waals surface area contributed by atoms with Gasteiger partial charge in [0.2, 0.25) is 5.88 Å². The summed E-state index contributed by atoms with van der Waals surface area (Å²) in [4.78, 5) is 14.9. The molecule has 0 radical (unpaired) electrons. The fraction of sp³-hybridized carbons (Fsp3) is 0.538. The van der Waals surface area contributed by atoms with Crippen molar-refractivity contribution in [3.8, 4) is 5.88 Å². The van der Waals surface area contributed by atoms with E-state index in [1.165, 1.54) is 19.3 Å². The minimum atomic E-state index is -0.948. The van der Waals surface area contributed by atoms with E-state index in [0.717, 1.165) is 12.3 Å². The number of aromatic carboxylic acids is 1. The van der Waals surface area contributed by atoms with Gasteiger partial charge in [-0.25, -0.2) is 9.78 Å². The molecule has 0 spiro atoms. The molecule has 0 aromatic carbocycles. The van der Waals surface area contributed by atoms with E-state index < -0.39 is 5.97 Å². The van der Waals surface area contributed by atoms with Gasteiger partial charge in [0.25, 0.3) is 0 Å². The average molecular weight is 235 g/mol. The Labute approximate surface area is 101 Å². The third-order valence-corrected chi connectivity index (χ3v) is 3.29. The molecule has 0 bridgehead atoms. The highest BCUT2D eigenvalue weighted by atomic mass is 16.5. The van der Waals surface area contributed by atoms with E-state index in [2.05, 4.69) is 4.98 Å². The van der Waals surface area contributed by atoms with Gasteiger partial charge in [-0.2, -0.15) is 0 Å². The molecule has 17 heavy (non-hydrogen) atoms. The maximum atomic E-state index is 10.8. The molecular weight excluding hydrogens is 218 g/mol. The van der Waals surface area contributed by atoms with Crippen molar-refractivity contribution >= 4 is 5.97 Å². The maximum Gasteiger partial charge on any atom is 0.337 e. The topological polar surface area (TPSA) is 59.4 Å². The van der Waals surface area contributed by atoms with Crippen LogP contribution in [0.5, 0.6) is 5.88 Å². The number of nitrogens with zero attached hydrogens (tertiary/aromatic N) is 1. The summed E-state index contributed by atoms with van der Waals surface area (Å²) in [7, 11) is 0. The van der Waals surface area contributed by atoms with Crippen molar-refractivity contribution in [3.63, 3.8) is 0 Å². The first kappa shape index (κ1) is 11.9. The molecule has 1 aliphatic rings. The van der Waals surface area contributed by atoms with Crippen molar-refractivity contribution in [3.05, 3.63) is 23.4 Å². The minimum absolute atomic E-state index is 0.233. The van der Waals surface area contributed by atoms with Crippen LogP contribution in [0.2, 0.25) is 0 Å². The lowest BCUT2D eigenvalue weighted by Gasteiger charge is -2.24. The number of rotatable bonds is 5. The first-order valence-corrected chi connectivity index (χ1v) is 6.00. The monoisotopic (exact) mass is 235 g/mol. The minimum Gasteiger partial charge on any atom is -0.478 e. The Morgan fingerprint density at radius 2 is 2.29 bits per heavy atom. The summed E-state index contributed by atoms with van der Waals surface area (Å²) in [5.41, 5.74) is 0.731. The van der Waals surface area contributed by atoms with Crippen LogP contribution in [0.25, 0.3) is 0 Å². The first-order chi connectivity index (χ1) is 8.16. The molecule has 0 amide bonds. The van der Waals surface area contributed by atoms with E-state index in [0.29, 0.717) is 18.2 Å². The molecule has 0 atom stereocenters. The van der Waals surface area contributed by atoms with Gasteiger partial charge < -0.3 is 9.84 Å². The van der Waals surface area contributed by atoms with Crippen LogP contribution in [0.1, 0.15) is 41.7 Å². The van der Waals surface area contributed by atoms with Gasteiger partial charge in [-0.3, -0.25) is 0 Å². The van der Waals surface area contributed by atoms with E-state index in [9.17, 15) is 4.79 Å². The van der Waals surface area contributed by atoms with Gasteiger partial charge in [-0.1, -0.05) is 19.3 Å². The SMILES string of the molecule is Cc1nc(OCCC2CCC2)ccc1C(=O)O. The summed E-state index contributed by atoms with van der Waals surface area (Å²) < 4.78 is 5.52. The van der Waals surface area contributed by atoms with Gasteiger partial charge in [0.1, 0.15) is 0 Å². The lowest BCUT2D eigenvalue weighted by atomic mass is 9.83. The number of aromatic nitrogens is 1. The molecule has 4 heteroatoms. The number of ether oxygens (including phenoxy) is 1. The standard InChI is InChI=1S/C13H17NO3/c1-9-11(13(15)16)5-6-12(14-9)17-8-7-10-3-2-4-10/h5-6,10H,2-4,7-8H2,1H3,(H,15,16). The van der Waals surface area contributed by atoms with E-state index in [4.69, 9.17) is 9.84 Å². The number of hydrogen-bond acceptors (Lipinski definition) is 3. The highest BCUT2D eigenvalue weighted by molar-refractivity contribution is 5.88. The van der Waals surface area contributed by atoms with Crippen LogP contribution in [0.3, 0.4) is 0 Å². The molecule has 1 aliphatic carbocycles. The molecule has 1 heterocycles. The van der Waals surface area contributed by atoms with Gasteiger partial charge >= 0.3 is 5.97 Å². The lowest BCUT2D eigenvalue weighted by molar-refractivity contribution is 0.0695. The smallest absolute Gasteiger partial charge is 0.337 e. The van der Waals surface area contributed by atoms with Crippen LogP contribution in [0.15, 0.2) is 12.1 Å². The van der Waals surface area contributed by atoms with Crippen molar-refractivity contribution < 1.29 is 14.6 Å². The fourth-order valence-corrected chi connectivity index (χ4v) is 1.96. The van der Waals surface area contributed by atoms with Crippen molar-refractivity contribution in [2.24, 2.45) is 5.92 Å². The van der Waals surface area contributed by atoms with E-state index in [1.807, 2.05) is 0 Å². The second kappa shape index (κ2) is 5.17. The molecule has 1 aromatic rings. The predicted octanol–water partition coefficient (Wildman–Crippen LogP) is 2.66. The zero-order valence-corrected chi connectivity index (χ0v) is 9.98. The Balaban J connectivity index is 1.88. The van der Waals surface area contributed by atoms with Crippen LogP contribution >= 0.6 is 0 Å².